The van der Waals surface area contributed by atoms with E-state index in [9.17, 15) is 9.59 Å². The fourth-order valence-electron chi connectivity index (χ4n) is 2.35. The minimum absolute atomic E-state index is 0.0706. The zero-order valence-electron chi connectivity index (χ0n) is 12.8. The van der Waals surface area contributed by atoms with Crippen LogP contribution in [-0.4, -0.2) is 21.1 Å². The van der Waals surface area contributed by atoms with Crippen molar-refractivity contribution in [2.45, 2.75) is 6.61 Å². The standard InChI is InChI=1S/C17H11N3O4S/c21-16-12-4-2-1-3-10(12)7-13(18-16)17(22)23-8-14-19-15(20-24-14)11-5-6-25-9-11/h1-7,9H,8H2,(H,18,21). The highest BCUT2D eigenvalue weighted by Gasteiger charge is 2.14. The largest absolute Gasteiger partial charge is 0.451 e. The van der Waals surface area contributed by atoms with Gasteiger partial charge in [-0.25, -0.2) is 4.79 Å². The maximum Gasteiger partial charge on any atom is 0.355 e. The molecule has 25 heavy (non-hydrogen) atoms. The number of carbonyl (C=O) groups excluding carboxylic acids is 1. The van der Waals surface area contributed by atoms with E-state index in [1.807, 2.05) is 16.8 Å². The quantitative estimate of drug-likeness (QED) is 0.566. The van der Waals surface area contributed by atoms with Crippen LogP contribution in [-0.2, 0) is 11.3 Å². The second-order valence-electron chi connectivity index (χ2n) is 5.20. The van der Waals surface area contributed by atoms with Gasteiger partial charge in [-0.15, -0.1) is 0 Å². The number of carbonyl (C=O) groups is 1. The zero-order chi connectivity index (χ0) is 17.2. The van der Waals surface area contributed by atoms with E-state index >= 15 is 0 Å². The molecular formula is C17H11N3O4S. The van der Waals surface area contributed by atoms with Gasteiger partial charge in [0.15, 0.2) is 6.61 Å². The number of aromatic amines is 1. The lowest BCUT2D eigenvalue weighted by Gasteiger charge is -2.03. The van der Waals surface area contributed by atoms with Crippen molar-refractivity contribution in [3.63, 3.8) is 0 Å². The normalized spacial score (nSPS) is 10.9. The summed E-state index contributed by atoms with van der Waals surface area (Å²) in [5.74, 6) is -0.0535. The molecule has 0 radical (unpaired) electrons. The number of nitrogens with zero attached hydrogens (tertiary/aromatic N) is 2. The van der Waals surface area contributed by atoms with Gasteiger partial charge in [-0.05, 0) is 29.0 Å². The van der Waals surface area contributed by atoms with Crippen LogP contribution in [0.1, 0.15) is 16.4 Å². The van der Waals surface area contributed by atoms with Gasteiger partial charge in [0.05, 0.1) is 0 Å². The van der Waals surface area contributed by atoms with Crippen LogP contribution in [0.25, 0.3) is 22.2 Å². The molecule has 0 bridgehead atoms. The minimum atomic E-state index is -0.668. The SMILES string of the molecule is O=C(OCc1nc(-c2ccsc2)no1)c1cc2ccccc2c(=O)[nH]1. The first-order valence-corrected chi connectivity index (χ1v) is 8.29. The van der Waals surface area contributed by atoms with E-state index in [0.717, 1.165) is 5.56 Å². The molecule has 0 atom stereocenters. The Labute approximate surface area is 144 Å². The van der Waals surface area contributed by atoms with E-state index in [0.29, 0.717) is 16.6 Å². The Kier molecular flexibility index (Phi) is 3.87. The fraction of sp³-hybridized carbons (Fsp3) is 0.0588. The van der Waals surface area contributed by atoms with Crippen LogP contribution in [0.5, 0.6) is 0 Å². The van der Waals surface area contributed by atoms with E-state index < -0.39 is 5.97 Å². The number of hydrogen-bond donors (Lipinski definition) is 1. The van der Waals surface area contributed by atoms with Crippen LogP contribution >= 0.6 is 11.3 Å². The first-order chi connectivity index (χ1) is 12.2. The second-order valence-corrected chi connectivity index (χ2v) is 5.98. The van der Waals surface area contributed by atoms with Gasteiger partial charge in [0.2, 0.25) is 5.82 Å². The molecule has 1 N–H and O–H groups in total. The summed E-state index contributed by atoms with van der Waals surface area (Å²) in [6, 6.07) is 10.4. The van der Waals surface area contributed by atoms with E-state index in [4.69, 9.17) is 9.26 Å². The van der Waals surface area contributed by atoms with Crippen molar-refractivity contribution in [3.05, 3.63) is 69.1 Å². The van der Waals surface area contributed by atoms with Crippen molar-refractivity contribution in [3.8, 4) is 11.4 Å². The van der Waals surface area contributed by atoms with Crippen molar-refractivity contribution in [1.82, 2.24) is 15.1 Å². The van der Waals surface area contributed by atoms with Crippen molar-refractivity contribution >= 4 is 28.1 Å². The molecule has 3 aromatic heterocycles. The lowest BCUT2D eigenvalue weighted by Crippen LogP contribution is -2.15. The minimum Gasteiger partial charge on any atom is -0.451 e. The number of pyridine rings is 1. The van der Waals surface area contributed by atoms with Gasteiger partial charge in [-0.1, -0.05) is 23.4 Å². The molecule has 0 amide bonds. The van der Waals surface area contributed by atoms with Crippen molar-refractivity contribution in [2.24, 2.45) is 0 Å². The summed E-state index contributed by atoms with van der Waals surface area (Å²) in [6.45, 7) is -0.176. The number of nitrogens with one attached hydrogen (secondary N) is 1. The van der Waals surface area contributed by atoms with Crippen LogP contribution < -0.4 is 5.56 Å². The first kappa shape index (κ1) is 15.3. The zero-order valence-corrected chi connectivity index (χ0v) is 13.6. The summed E-state index contributed by atoms with van der Waals surface area (Å²) in [5, 5.41) is 8.80. The molecule has 0 saturated heterocycles. The molecule has 0 aliphatic rings. The number of H-pyrrole nitrogens is 1. The molecule has 0 aliphatic carbocycles. The van der Waals surface area contributed by atoms with Gasteiger partial charge >= 0.3 is 5.97 Å². The van der Waals surface area contributed by atoms with Crippen LogP contribution in [0.4, 0.5) is 0 Å². The highest BCUT2D eigenvalue weighted by Crippen LogP contribution is 2.19. The third kappa shape index (κ3) is 3.07. The lowest BCUT2D eigenvalue weighted by molar-refractivity contribution is 0.0423. The number of ether oxygens (including phenoxy) is 1. The monoisotopic (exact) mass is 353 g/mol. The Balaban J connectivity index is 1.50. The van der Waals surface area contributed by atoms with E-state index in [1.54, 1.807) is 30.3 Å². The molecule has 7 nitrogen and oxygen atoms in total. The maximum absolute atomic E-state index is 12.2. The summed E-state index contributed by atoms with van der Waals surface area (Å²) in [4.78, 5) is 30.9. The Morgan fingerprint density at radius 3 is 3.00 bits per heavy atom. The number of hydrogen-bond acceptors (Lipinski definition) is 7. The van der Waals surface area contributed by atoms with Gasteiger partial charge in [-0.2, -0.15) is 16.3 Å². The predicted molar refractivity (Wildman–Crippen MR) is 91.3 cm³/mol. The van der Waals surface area contributed by atoms with Crippen molar-refractivity contribution in [2.75, 3.05) is 0 Å². The molecule has 3 heterocycles. The van der Waals surface area contributed by atoms with E-state index in [1.165, 1.54) is 11.3 Å². The summed E-state index contributed by atoms with van der Waals surface area (Å²) >= 11 is 1.52. The third-order valence-electron chi connectivity index (χ3n) is 3.55. The summed E-state index contributed by atoms with van der Waals surface area (Å²) in [7, 11) is 0. The Morgan fingerprint density at radius 1 is 1.28 bits per heavy atom. The Hall–Kier alpha value is -3.26. The van der Waals surface area contributed by atoms with E-state index in [2.05, 4.69) is 15.1 Å². The number of rotatable bonds is 4. The van der Waals surface area contributed by atoms with Crippen LogP contribution in [0.15, 0.2) is 56.5 Å². The first-order valence-electron chi connectivity index (χ1n) is 7.35. The van der Waals surface area contributed by atoms with Gasteiger partial charge in [0, 0.05) is 16.3 Å². The molecule has 0 saturated carbocycles. The lowest BCUT2D eigenvalue weighted by atomic mass is 10.1. The highest BCUT2D eigenvalue weighted by molar-refractivity contribution is 7.08. The van der Waals surface area contributed by atoms with Crippen LogP contribution in [0.3, 0.4) is 0 Å². The molecule has 0 fully saturated rings. The van der Waals surface area contributed by atoms with Gasteiger partial charge in [0.1, 0.15) is 5.69 Å². The third-order valence-corrected chi connectivity index (χ3v) is 4.23. The maximum atomic E-state index is 12.2. The second kappa shape index (κ2) is 6.33. The fourth-order valence-corrected chi connectivity index (χ4v) is 2.98. The van der Waals surface area contributed by atoms with Gasteiger partial charge in [-0.3, -0.25) is 4.79 Å². The molecule has 0 unspecified atom stereocenters. The Morgan fingerprint density at radius 2 is 2.16 bits per heavy atom. The molecule has 0 aliphatic heterocycles. The summed E-state index contributed by atoms with van der Waals surface area (Å²) in [6.07, 6.45) is 0. The van der Waals surface area contributed by atoms with Crippen LogP contribution in [0.2, 0.25) is 0 Å². The molecule has 4 rings (SSSR count). The van der Waals surface area contributed by atoms with Gasteiger partial charge in [0.25, 0.3) is 11.4 Å². The molecule has 4 aromatic rings. The molecule has 8 heteroatoms. The Bertz CT molecular complexity index is 1100. The molecule has 1 aromatic carbocycles. The van der Waals surface area contributed by atoms with Crippen molar-refractivity contribution in [1.29, 1.82) is 0 Å². The predicted octanol–water partition coefficient (Wildman–Crippen LogP) is 3.00. The summed E-state index contributed by atoms with van der Waals surface area (Å²) in [5.41, 5.74) is 0.564. The number of benzene rings is 1. The van der Waals surface area contributed by atoms with Crippen molar-refractivity contribution < 1.29 is 14.1 Å². The molecule has 124 valence electrons. The highest BCUT2D eigenvalue weighted by atomic mass is 32.1. The topological polar surface area (TPSA) is 98.1 Å². The van der Waals surface area contributed by atoms with Crippen LogP contribution in [0, 0.1) is 0 Å². The summed E-state index contributed by atoms with van der Waals surface area (Å²) < 4.78 is 10.2. The molecule has 0 spiro atoms. The van der Waals surface area contributed by atoms with E-state index in [-0.39, 0.29) is 23.8 Å². The molecular weight excluding hydrogens is 342 g/mol. The smallest absolute Gasteiger partial charge is 0.355 e. The average Bonchev–Trinajstić information content (AvgIpc) is 3.31. The number of esters is 1. The average molecular weight is 353 g/mol. The number of thiophene rings is 1. The number of fused-ring (bicyclic) bond motifs is 1. The number of aromatic nitrogens is 3. The van der Waals surface area contributed by atoms with Gasteiger partial charge < -0.3 is 14.2 Å².